The summed E-state index contributed by atoms with van der Waals surface area (Å²) in [6.07, 6.45) is 0. The summed E-state index contributed by atoms with van der Waals surface area (Å²) in [6, 6.07) is 17.8. The first-order valence-corrected chi connectivity index (χ1v) is 8.02. The molecular formula is C19H23ClN2O2. The number of hydrogen-bond acceptors (Lipinski definition) is 3. The molecule has 0 unspecified atom stereocenters. The van der Waals surface area contributed by atoms with Gasteiger partial charge in [0, 0.05) is 31.2 Å². The summed E-state index contributed by atoms with van der Waals surface area (Å²) in [5, 5.41) is 3.35. The Hall–Kier alpha value is -2.04. The Balaban J connectivity index is 0.00000208. The molecule has 1 saturated heterocycles. The summed E-state index contributed by atoms with van der Waals surface area (Å²) in [7, 11) is 0. The number of rotatable bonds is 4. The number of ether oxygens (including phenoxy) is 1. The van der Waals surface area contributed by atoms with Crippen molar-refractivity contribution >= 4 is 18.3 Å². The average molecular weight is 347 g/mol. The van der Waals surface area contributed by atoms with Crippen molar-refractivity contribution in [2.75, 3.05) is 19.6 Å². The van der Waals surface area contributed by atoms with Crippen LogP contribution in [0.5, 0.6) is 5.75 Å². The Bertz CT molecular complexity index is 646. The van der Waals surface area contributed by atoms with E-state index in [1.54, 1.807) is 0 Å². The molecule has 1 fully saturated rings. The number of piperazine rings is 1. The van der Waals surface area contributed by atoms with Crippen molar-refractivity contribution in [2.45, 2.75) is 19.6 Å². The Kier molecular flexibility index (Phi) is 6.64. The summed E-state index contributed by atoms with van der Waals surface area (Å²) < 4.78 is 5.75. The van der Waals surface area contributed by atoms with Gasteiger partial charge in [-0.2, -0.15) is 0 Å². The number of amides is 1. The van der Waals surface area contributed by atoms with Crippen LogP contribution in [0, 0.1) is 0 Å². The van der Waals surface area contributed by atoms with Crippen molar-refractivity contribution in [1.82, 2.24) is 10.2 Å². The van der Waals surface area contributed by atoms with Crippen LogP contribution in [0.1, 0.15) is 22.8 Å². The molecular weight excluding hydrogens is 324 g/mol. The number of nitrogens with one attached hydrogen (secondary N) is 1. The number of hydrogen-bond donors (Lipinski definition) is 1. The van der Waals surface area contributed by atoms with E-state index in [-0.39, 0.29) is 18.3 Å². The third-order valence-electron chi connectivity index (χ3n) is 4.01. The van der Waals surface area contributed by atoms with Crippen LogP contribution in [-0.4, -0.2) is 36.5 Å². The Morgan fingerprint density at radius 1 is 1.17 bits per heavy atom. The summed E-state index contributed by atoms with van der Waals surface area (Å²) in [4.78, 5) is 14.4. The van der Waals surface area contributed by atoms with Crippen LogP contribution >= 0.6 is 12.4 Å². The summed E-state index contributed by atoms with van der Waals surface area (Å²) in [6.45, 7) is 5.00. The second-order valence-electron chi connectivity index (χ2n) is 5.90. The summed E-state index contributed by atoms with van der Waals surface area (Å²) in [5.74, 6) is 0.868. The van der Waals surface area contributed by atoms with Crippen LogP contribution < -0.4 is 10.1 Å². The van der Waals surface area contributed by atoms with Gasteiger partial charge in [-0.25, -0.2) is 0 Å². The lowest BCUT2D eigenvalue weighted by molar-refractivity contribution is 0.0709. The molecule has 1 heterocycles. The molecule has 128 valence electrons. The van der Waals surface area contributed by atoms with Crippen molar-refractivity contribution < 1.29 is 9.53 Å². The van der Waals surface area contributed by atoms with E-state index in [1.807, 2.05) is 59.5 Å². The van der Waals surface area contributed by atoms with Crippen molar-refractivity contribution in [3.05, 3.63) is 65.7 Å². The molecule has 5 heteroatoms. The molecule has 1 aliphatic heterocycles. The van der Waals surface area contributed by atoms with Crippen molar-refractivity contribution in [2.24, 2.45) is 0 Å². The predicted octanol–water partition coefficient (Wildman–Crippen LogP) is 3.12. The Labute approximate surface area is 149 Å². The molecule has 0 aliphatic carbocycles. The predicted molar refractivity (Wildman–Crippen MR) is 97.8 cm³/mol. The smallest absolute Gasteiger partial charge is 0.253 e. The minimum absolute atomic E-state index is 0. The number of carbonyl (C=O) groups is 1. The Morgan fingerprint density at radius 3 is 2.54 bits per heavy atom. The van der Waals surface area contributed by atoms with E-state index in [0.717, 1.165) is 30.9 Å². The lowest BCUT2D eigenvalue weighted by Gasteiger charge is -2.32. The van der Waals surface area contributed by atoms with E-state index in [1.165, 1.54) is 0 Å². The normalized spacial score (nSPS) is 17.0. The maximum Gasteiger partial charge on any atom is 0.253 e. The van der Waals surface area contributed by atoms with Crippen LogP contribution in [0.15, 0.2) is 54.6 Å². The zero-order valence-electron chi connectivity index (χ0n) is 13.8. The second-order valence-corrected chi connectivity index (χ2v) is 5.90. The fourth-order valence-corrected chi connectivity index (χ4v) is 2.73. The van der Waals surface area contributed by atoms with Gasteiger partial charge in [-0.05, 0) is 36.8 Å². The highest BCUT2D eigenvalue weighted by molar-refractivity contribution is 5.94. The van der Waals surface area contributed by atoms with Gasteiger partial charge in [-0.15, -0.1) is 12.4 Å². The molecule has 1 amide bonds. The largest absolute Gasteiger partial charge is 0.489 e. The topological polar surface area (TPSA) is 41.6 Å². The van der Waals surface area contributed by atoms with Gasteiger partial charge in [0.2, 0.25) is 0 Å². The molecule has 2 aromatic rings. The first kappa shape index (κ1) is 18.3. The zero-order chi connectivity index (χ0) is 16.1. The quantitative estimate of drug-likeness (QED) is 0.924. The third kappa shape index (κ3) is 4.73. The lowest BCUT2D eigenvalue weighted by Crippen LogP contribution is -2.51. The van der Waals surface area contributed by atoms with Gasteiger partial charge < -0.3 is 15.0 Å². The van der Waals surface area contributed by atoms with E-state index in [9.17, 15) is 4.79 Å². The molecule has 0 radical (unpaired) electrons. The van der Waals surface area contributed by atoms with E-state index < -0.39 is 0 Å². The third-order valence-corrected chi connectivity index (χ3v) is 4.01. The minimum atomic E-state index is 0. The van der Waals surface area contributed by atoms with Gasteiger partial charge >= 0.3 is 0 Å². The molecule has 0 aromatic heterocycles. The number of halogens is 1. The number of benzene rings is 2. The molecule has 3 rings (SSSR count). The maximum absolute atomic E-state index is 12.5. The van der Waals surface area contributed by atoms with Crippen LogP contribution in [0.25, 0.3) is 0 Å². The van der Waals surface area contributed by atoms with Crippen LogP contribution in [0.3, 0.4) is 0 Å². The Morgan fingerprint density at radius 2 is 1.88 bits per heavy atom. The van der Waals surface area contributed by atoms with E-state index in [4.69, 9.17) is 4.74 Å². The fraction of sp³-hybridized carbons (Fsp3) is 0.316. The summed E-state index contributed by atoms with van der Waals surface area (Å²) >= 11 is 0. The monoisotopic (exact) mass is 346 g/mol. The average Bonchev–Trinajstić information content (AvgIpc) is 2.61. The van der Waals surface area contributed by atoms with E-state index >= 15 is 0 Å². The van der Waals surface area contributed by atoms with Gasteiger partial charge in [0.05, 0.1) is 0 Å². The highest BCUT2D eigenvalue weighted by Gasteiger charge is 2.21. The molecule has 4 nitrogen and oxygen atoms in total. The molecule has 0 bridgehead atoms. The molecule has 1 aliphatic rings. The highest BCUT2D eigenvalue weighted by atomic mass is 35.5. The molecule has 2 aromatic carbocycles. The maximum atomic E-state index is 12.5. The SMILES string of the molecule is C[C@@H]1CN(C(=O)c2ccc(OCc3ccccc3)cc2)CCN1.Cl. The molecule has 24 heavy (non-hydrogen) atoms. The van der Waals surface area contributed by atoms with Crippen LogP contribution in [0.4, 0.5) is 0 Å². The lowest BCUT2D eigenvalue weighted by atomic mass is 10.1. The zero-order valence-corrected chi connectivity index (χ0v) is 14.6. The summed E-state index contributed by atoms with van der Waals surface area (Å²) in [5.41, 5.74) is 1.84. The van der Waals surface area contributed by atoms with Crippen molar-refractivity contribution in [3.8, 4) is 5.75 Å². The van der Waals surface area contributed by atoms with Gasteiger partial charge in [0.1, 0.15) is 12.4 Å². The van der Waals surface area contributed by atoms with Crippen LogP contribution in [-0.2, 0) is 6.61 Å². The minimum Gasteiger partial charge on any atom is -0.489 e. The first-order chi connectivity index (χ1) is 11.2. The first-order valence-electron chi connectivity index (χ1n) is 8.02. The van der Waals surface area contributed by atoms with Crippen molar-refractivity contribution in [3.63, 3.8) is 0 Å². The van der Waals surface area contributed by atoms with Gasteiger partial charge in [0.25, 0.3) is 5.91 Å². The standard InChI is InChI=1S/C19H22N2O2.ClH/c1-15-13-21(12-11-20-15)19(22)17-7-9-18(10-8-17)23-14-16-5-3-2-4-6-16;/h2-10,15,20H,11-14H2,1H3;1H/t15-;/m1./s1. The molecule has 1 atom stereocenters. The molecule has 1 N–H and O–H groups in total. The number of nitrogens with zero attached hydrogens (tertiary/aromatic N) is 1. The van der Waals surface area contributed by atoms with E-state index in [2.05, 4.69) is 12.2 Å². The van der Waals surface area contributed by atoms with Gasteiger partial charge in [0.15, 0.2) is 0 Å². The van der Waals surface area contributed by atoms with Gasteiger partial charge in [-0.3, -0.25) is 4.79 Å². The molecule has 0 saturated carbocycles. The fourth-order valence-electron chi connectivity index (χ4n) is 2.73. The van der Waals surface area contributed by atoms with Crippen molar-refractivity contribution in [1.29, 1.82) is 0 Å². The van der Waals surface area contributed by atoms with E-state index in [0.29, 0.717) is 18.2 Å². The molecule has 0 spiro atoms. The second kappa shape index (κ2) is 8.71. The number of carbonyl (C=O) groups excluding carboxylic acids is 1. The van der Waals surface area contributed by atoms with Gasteiger partial charge in [-0.1, -0.05) is 30.3 Å². The van der Waals surface area contributed by atoms with Crippen LogP contribution in [0.2, 0.25) is 0 Å². The highest BCUT2D eigenvalue weighted by Crippen LogP contribution is 2.16.